The number of aliphatic hydroxyl groups excluding tert-OH is 1. The Kier molecular flexibility index (Phi) is 4.19. The van der Waals surface area contributed by atoms with Crippen LogP contribution in [0.1, 0.15) is 19.3 Å². The molecule has 1 saturated carbocycles. The predicted molar refractivity (Wildman–Crippen MR) is 92.8 cm³/mol. The third-order valence-electron chi connectivity index (χ3n) is 4.64. The molecular weight excluding hydrogens is 320 g/mol. The zero-order valence-electron chi connectivity index (χ0n) is 14.0. The highest BCUT2D eigenvalue weighted by Gasteiger charge is 2.24. The summed E-state index contributed by atoms with van der Waals surface area (Å²) in [5, 5.41) is 21.0. The predicted octanol–water partition coefficient (Wildman–Crippen LogP) is 1.79. The number of hydrogen-bond donors (Lipinski definition) is 2. The van der Waals surface area contributed by atoms with E-state index in [2.05, 4.69) is 25.6 Å². The van der Waals surface area contributed by atoms with Gasteiger partial charge in [-0.15, -0.1) is 5.10 Å². The van der Waals surface area contributed by atoms with E-state index in [1.165, 1.54) is 0 Å². The summed E-state index contributed by atoms with van der Waals surface area (Å²) in [7, 11) is 1.63. The van der Waals surface area contributed by atoms with Gasteiger partial charge in [0.15, 0.2) is 11.2 Å². The fourth-order valence-corrected chi connectivity index (χ4v) is 3.25. The molecule has 2 atom stereocenters. The minimum absolute atomic E-state index is 0.242. The van der Waals surface area contributed by atoms with Gasteiger partial charge < -0.3 is 15.2 Å². The molecule has 0 spiro atoms. The molecule has 3 aromatic rings. The molecule has 2 heterocycles. The Morgan fingerprint density at radius 2 is 2.12 bits per heavy atom. The lowest BCUT2D eigenvalue weighted by Gasteiger charge is -2.12. The van der Waals surface area contributed by atoms with E-state index in [4.69, 9.17) is 4.74 Å². The SMILES string of the molecule is COc1ccc(-n2nnc3cnc(N[C@@H]4CC[C@@H](CO)C4)nc32)cc1. The van der Waals surface area contributed by atoms with E-state index >= 15 is 0 Å². The van der Waals surface area contributed by atoms with Crippen LogP contribution in [0.25, 0.3) is 16.9 Å². The van der Waals surface area contributed by atoms with Crippen molar-refractivity contribution in [3.8, 4) is 11.4 Å². The van der Waals surface area contributed by atoms with Crippen molar-refractivity contribution in [1.82, 2.24) is 25.0 Å². The van der Waals surface area contributed by atoms with Gasteiger partial charge in [0.05, 0.1) is 19.0 Å². The van der Waals surface area contributed by atoms with E-state index in [0.29, 0.717) is 29.1 Å². The monoisotopic (exact) mass is 340 g/mol. The van der Waals surface area contributed by atoms with Gasteiger partial charge in [0.1, 0.15) is 5.75 Å². The molecule has 0 amide bonds. The number of hydrogen-bond acceptors (Lipinski definition) is 7. The first-order valence-electron chi connectivity index (χ1n) is 8.37. The van der Waals surface area contributed by atoms with Crippen molar-refractivity contribution >= 4 is 17.1 Å². The zero-order chi connectivity index (χ0) is 17.2. The van der Waals surface area contributed by atoms with Crippen LogP contribution in [-0.2, 0) is 0 Å². The number of methoxy groups -OCH3 is 1. The van der Waals surface area contributed by atoms with Gasteiger partial charge in [-0.05, 0) is 49.4 Å². The van der Waals surface area contributed by atoms with Crippen LogP contribution < -0.4 is 10.1 Å². The zero-order valence-corrected chi connectivity index (χ0v) is 14.0. The molecule has 8 nitrogen and oxygen atoms in total. The molecule has 2 aromatic heterocycles. The number of benzene rings is 1. The Bertz CT molecular complexity index is 863. The summed E-state index contributed by atoms with van der Waals surface area (Å²) >= 11 is 0. The lowest BCUT2D eigenvalue weighted by Crippen LogP contribution is -2.18. The van der Waals surface area contributed by atoms with Gasteiger partial charge in [0.25, 0.3) is 0 Å². The first-order chi connectivity index (χ1) is 12.3. The summed E-state index contributed by atoms with van der Waals surface area (Å²) in [5.74, 6) is 1.71. The number of fused-ring (bicyclic) bond motifs is 1. The quantitative estimate of drug-likeness (QED) is 0.730. The van der Waals surface area contributed by atoms with E-state index in [-0.39, 0.29) is 6.61 Å². The van der Waals surface area contributed by atoms with Crippen molar-refractivity contribution in [2.45, 2.75) is 25.3 Å². The molecule has 1 aliphatic rings. The number of aromatic nitrogens is 5. The maximum Gasteiger partial charge on any atom is 0.225 e. The fraction of sp³-hybridized carbons (Fsp3) is 0.412. The maximum absolute atomic E-state index is 9.28. The summed E-state index contributed by atoms with van der Waals surface area (Å²) < 4.78 is 6.87. The van der Waals surface area contributed by atoms with Crippen molar-refractivity contribution in [1.29, 1.82) is 0 Å². The van der Waals surface area contributed by atoms with Crippen LogP contribution in [-0.4, -0.2) is 49.8 Å². The lowest BCUT2D eigenvalue weighted by atomic mass is 10.1. The average Bonchev–Trinajstić information content (AvgIpc) is 3.28. The Balaban J connectivity index is 1.61. The molecule has 130 valence electrons. The van der Waals surface area contributed by atoms with E-state index in [1.54, 1.807) is 18.0 Å². The summed E-state index contributed by atoms with van der Waals surface area (Å²) in [5.41, 5.74) is 2.15. The third kappa shape index (κ3) is 3.12. The summed E-state index contributed by atoms with van der Waals surface area (Å²) in [6.07, 6.45) is 4.66. The van der Waals surface area contributed by atoms with Crippen molar-refractivity contribution in [3.63, 3.8) is 0 Å². The van der Waals surface area contributed by atoms with E-state index in [1.807, 2.05) is 24.3 Å². The van der Waals surface area contributed by atoms with Gasteiger partial charge in [-0.25, -0.2) is 4.98 Å². The minimum atomic E-state index is 0.242. The smallest absolute Gasteiger partial charge is 0.225 e. The van der Waals surface area contributed by atoms with Crippen molar-refractivity contribution in [3.05, 3.63) is 30.5 Å². The molecule has 0 radical (unpaired) electrons. The largest absolute Gasteiger partial charge is 0.497 e. The first kappa shape index (κ1) is 15.8. The second-order valence-corrected chi connectivity index (χ2v) is 6.30. The van der Waals surface area contributed by atoms with Crippen LogP contribution >= 0.6 is 0 Å². The van der Waals surface area contributed by atoms with Gasteiger partial charge >= 0.3 is 0 Å². The van der Waals surface area contributed by atoms with Gasteiger partial charge in [-0.3, -0.25) is 0 Å². The second kappa shape index (κ2) is 6.64. The van der Waals surface area contributed by atoms with Crippen LogP contribution in [0.15, 0.2) is 30.5 Å². The number of anilines is 1. The standard InChI is InChI=1S/C17H20N6O2/c1-25-14-6-4-13(5-7-14)23-16-15(21-22-23)9-18-17(20-16)19-12-3-2-11(8-12)10-24/h4-7,9,11-12,24H,2-3,8,10H2,1H3,(H,18,19,20)/t11-,12-/m1/s1. The molecule has 1 aromatic carbocycles. The molecule has 0 saturated heterocycles. The molecular formula is C17H20N6O2. The Hall–Kier alpha value is -2.74. The number of nitrogens with one attached hydrogen (secondary N) is 1. The maximum atomic E-state index is 9.28. The summed E-state index contributed by atoms with van der Waals surface area (Å²) in [4.78, 5) is 8.93. The number of nitrogens with zero attached hydrogens (tertiary/aromatic N) is 5. The van der Waals surface area contributed by atoms with Gasteiger partial charge in [-0.2, -0.15) is 9.67 Å². The number of ether oxygens (including phenoxy) is 1. The van der Waals surface area contributed by atoms with Crippen LogP contribution in [0.2, 0.25) is 0 Å². The van der Waals surface area contributed by atoms with Crippen molar-refractivity contribution in [2.75, 3.05) is 19.0 Å². The van der Waals surface area contributed by atoms with E-state index in [0.717, 1.165) is 30.7 Å². The highest BCUT2D eigenvalue weighted by molar-refractivity contribution is 5.72. The van der Waals surface area contributed by atoms with E-state index < -0.39 is 0 Å². The minimum Gasteiger partial charge on any atom is -0.497 e. The highest BCUT2D eigenvalue weighted by Crippen LogP contribution is 2.27. The molecule has 1 aliphatic carbocycles. The van der Waals surface area contributed by atoms with E-state index in [9.17, 15) is 5.11 Å². The Morgan fingerprint density at radius 3 is 2.84 bits per heavy atom. The van der Waals surface area contributed by atoms with Crippen molar-refractivity contribution < 1.29 is 9.84 Å². The molecule has 25 heavy (non-hydrogen) atoms. The van der Waals surface area contributed by atoms with Crippen LogP contribution in [0, 0.1) is 5.92 Å². The number of aliphatic hydroxyl groups is 1. The average molecular weight is 340 g/mol. The fourth-order valence-electron chi connectivity index (χ4n) is 3.25. The molecule has 2 N–H and O–H groups in total. The third-order valence-corrected chi connectivity index (χ3v) is 4.64. The lowest BCUT2D eigenvalue weighted by molar-refractivity contribution is 0.229. The highest BCUT2D eigenvalue weighted by atomic mass is 16.5. The molecule has 1 fully saturated rings. The van der Waals surface area contributed by atoms with Gasteiger partial charge in [0, 0.05) is 12.6 Å². The van der Waals surface area contributed by atoms with Crippen LogP contribution in [0.5, 0.6) is 5.75 Å². The number of rotatable bonds is 5. The Labute approximate surface area is 144 Å². The summed E-state index contributed by atoms with van der Waals surface area (Å²) in [6.45, 7) is 0.242. The molecule has 0 aliphatic heterocycles. The Morgan fingerprint density at radius 1 is 1.28 bits per heavy atom. The second-order valence-electron chi connectivity index (χ2n) is 6.30. The van der Waals surface area contributed by atoms with Gasteiger partial charge in [-0.1, -0.05) is 5.21 Å². The normalized spacial score (nSPS) is 20.1. The van der Waals surface area contributed by atoms with Crippen molar-refractivity contribution in [2.24, 2.45) is 5.92 Å². The molecule has 8 heteroatoms. The van der Waals surface area contributed by atoms with Crippen LogP contribution in [0.3, 0.4) is 0 Å². The molecule has 0 bridgehead atoms. The first-order valence-corrected chi connectivity index (χ1v) is 8.37. The molecule has 4 rings (SSSR count). The summed E-state index contributed by atoms with van der Waals surface area (Å²) in [6, 6.07) is 7.85. The van der Waals surface area contributed by atoms with Gasteiger partial charge in [0.2, 0.25) is 5.95 Å². The van der Waals surface area contributed by atoms with Crippen LogP contribution in [0.4, 0.5) is 5.95 Å². The molecule has 0 unspecified atom stereocenters. The topological polar surface area (TPSA) is 98.0 Å².